The summed E-state index contributed by atoms with van der Waals surface area (Å²) in [4.78, 5) is 0. The van der Waals surface area contributed by atoms with Crippen LogP contribution in [0.25, 0.3) is 0 Å². The number of ether oxygens (including phenoxy) is 4. The zero-order valence-electron chi connectivity index (χ0n) is 34.1. The normalized spacial score (nSPS) is 21.6. The van der Waals surface area contributed by atoms with E-state index in [-0.39, 0.29) is 33.6 Å². The van der Waals surface area contributed by atoms with E-state index >= 15 is 0 Å². The lowest BCUT2D eigenvalue weighted by Gasteiger charge is -2.50. The molecule has 0 spiro atoms. The SMILES string of the molecule is FC(F)(F)c1ccc(P(O[C@@H]2[C@@H](OP(c3ccc(C(F)(F)F)cc3)c3ccc(C(F)(F)F)cc3)[C@H](Oc3ccccc3)O[C@@H]3COC(c4ccccc4)O[C@@H]23)c2ccc(C(F)(F)F)cc2)cc1. The summed E-state index contributed by atoms with van der Waals surface area (Å²) in [6.45, 7) is -0.184. The first-order valence-electron chi connectivity index (χ1n) is 20.0. The summed E-state index contributed by atoms with van der Waals surface area (Å²) in [5.41, 5.74) is -3.59. The highest BCUT2D eigenvalue weighted by molar-refractivity contribution is 7.69. The smallest absolute Gasteiger partial charge is 0.416 e. The van der Waals surface area contributed by atoms with Gasteiger partial charge in [0.15, 0.2) is 12.4 Å². The van der Waals surface area contributed by atoms with Gasteiger partial charge in [-0.1, -0.05) is 97.1 Å². The van der Waals surface area contributed by atoms with Crippen molar-refractivity contribution in [1.82, 2.24) is 0 Å². The van der Waals surface area contributed by atoms with E-state index in [2.05, 4.69) is 0 Å². The molecule has 0 N–H and O–H groups in total. The number of para-hydroxylation sites is 1. The van der Waals surface area contributed by atoms with Crippen LogP contribution in [0.1, 0.15) is 34.1 Å². The monoisotopic (exact) mass is 984 g/mol. The fraction of sp³-hybridized carbons (Fsp3) is 0.234. The second kappa shape index (κ2) is 19.5. The van der Waals surface area contributed by atoms with E-state index in [0.29, 0.717) is 5.56 Å². The molecule has 0 bridgehead atoms. The molecule has 1 unspecified atom stereocenters. The summed E-state index contributed by atoms with van der Waals surface area (Å²) in [6, 6.07) is 31.8. The highest BCUT2D eigenvalue weighted by Crippen LogP contribution is 2.49. The van der Waals surface area contributed by atoms with Crippen LogP contribution in [0.3, 0.4) is 0 Å². The summed E-state index contributed by atoms with van der Waals surface area (Å²) >= 11 is 0. The third-order valence-corrected chi connectivity index (χ3v) is 14.5. The second-order valence-corrected chi connectivity index (χ2v) is 18.7. The maximum atomic E-state index is 13.9. The third kappa shape index (κ3) is 11.5. The molecule has 0 amide bonds. The molecular weight excluding hydrogens is 950 g/mol. The first-order chi connectivity index (χ1) is 31.7. The van der Waals surface area contributed by atoms with Gasteiger partial charge in [-0.15, -0.1) is 0 Å². The van der Waals surface area contributed by atoms with E-state index in [1.54, 1.807) is 60.7 Å². The standard InChI is InChI=1S/C47H34F12O6P2/c48-44(49,50)29-11-19-34(20-12-29)66(35-21-13-30(14-22-35)45(51,52)53)64-40-39-38(27-60-42(63-39)28-7-3-1-4-8-28)62-43(61-33-9-5-2-6-10-33)41(40)65-67(36-23-15-31(16-24-36)46(54,55)56)37-25-17-32(18-26-37)47(57,58)59/h1-26,38-43H,27H2/t38-,39-,40+,41-,42?,43-/m1/s1. The number of hydrogen-bond acceptors (Lipinski definition) is 6. The Labute approximate surface area is 377 Å². The Bertz CT molecular complexity index is 2430. The predicted molar refractivity (Wildman–Crippen MR) is 224 cm³/mol. The van der Waals surface area contributed by atoms with Crippen molar-refractivity contribution in [3.63, 3.8) is 0 Å². The summed E-state index contributed by atoms with van der Waals surface area (Å²) in [7, 11) is -4.88. The Hall–Kier alpha value is -5.06. The van der Waals surface area contributed by atoms with Gasteiger partial charge in [0.2, 0.25) is 6.29 Å². The van der Waals surface area contributed by atoms with Crippen LogP contribution in [-0.4, -0.2) is 37.3 Å². The fourth-order valence-corrected chi connectivity index (χ4v) is 10.9. The summed E-state index contributed by atoms with van der Waals surface area (Å²) in [5, 5.41) is 0.378. The number of halogens is 12. The molecule has 6 nitrogen and oxygen atoms in total. The molecule has 0 aromatic heterocycles. The molecule has 6 atom stereocenters. The highest BCUT2D eigenvalue weighted by Gasteiger charge is 2.54. The van der Waals surface area contributed by atoms with Gasteiger partial charge in [-0.25, -0.2) is 0 Å². The minimum Gasteiger partial charge on any atom is -0.462 e. The molecule has 6 aromatic rings. The van der Waals surface area contributed by atoms with Crippen LogP contribution in [0.2, 0.25) is 0 Å². The van der Waals surface area contributed by atoms with Gasteiger partial charge in [0, 0.05) is 26.8 Å². The molecule has 67 heavy (non-hydrogen) atoms. The maximum absolute atomic E-state index is 13.9. The van der Waals surface area contributed by atoms with Gasteiger partial charge >= 0.3 is 24.7 Å². The maximum Gasteiger partial charge on any atom is 0.416 e. The van der Waals surface area contributed by atoms with Gasteiger partial charge in [0.05, 0.1) is 45.2 Å². The average molecular weight is 985 g/mol. The van der Waals surface area contributed by atoms with Crippen LogP contribution < -0.4 is 26.0 Å². The minimum absolute atomic E-state index is 0.0879. The largest absolute Gasteiger partial charge is 0.462 e. The molecule has 0 radical (unpaired) electrons. The van der Waals surface area contributed by atoms with Crippen LogP contribution in [0.15, 0.2) is 158 Å². The zero-order chi connectivity index (χ0) is 47.7. The average Bonchev–Trinajstić information content (AvgIpc) is 3.30. The van der Waals surface area contributed by atoms with Gasteiger partial charge < -0.3 is 28.0 Å². The van der Waals surface area contributed by atoms with Crippen LogP contribution >= 0.6 is 16.3 Å². The first-order valence-corrected chi connectivity index (χ1v) is 22.6. The van der Waals surface area contributed by atoms with Crippen molar-refractivity contribution in [3.05, 3.63) is 186 Å². The van der Waals surface area contributed by atoms with Crippen LogP contribution in [0, 0.1) is 0 Å². The molecule has 2 heterocycles. The molecule has 0 aliphatic carbocycles. The molecule has 2 fully saturated rings. The lowest BCUT2D eigenvalue weighted by Crippen LogP contribution is -2.64. The number of benzene rings is 6. The topological polar surface area (TPSA) is 55.4 Å². The molecule has 2 aliphatic rings. The van der Waals surface area contributed by atoms with Crippen molar-refractivity contribution in [1.29, 1.82) is 0 Å². The van der Waals surface area contributed by atoms with Gasteiger partial charge in [0.1, 0.15) is 24.1 Å². The van der Waals surface area contributed by atoms with Crippen LogP contribution in [-0.2, 0) is 48.0 Å². The van der Waals surface area contributed by atoms with Crippen molar-refractivity contribution < 1.29 is 80.7 Å². The van der Waals surface area contributed by atoms with Crippen molar-refractivity contribution in [2.45, 2.75) is 61.7 Å². The van der Waals surface area contributed by atoms with Crippen molar-refractivity contribution >= 4 is 37.5 Å². The Morgan fingerprint density at radius 2 is 0.776 bits per heavy atom. The van der Waals surface area contributed by atoms with Crippen molar-refractivity contribution in [2.24, 2.45) is 0 Å². The molecule has 0 saturated carbocycles. The lowest BCUT2D eigenvalue weighted by molar-refractivity contribution is -0.342. The molecular formula is C47H34F12O6P2. The van der Waals surface area contributed by atoms with Gasteiger partial charge in [-0.3, -0.25) is 0 Å². The molecule has 6 aromatic carbocycles. The van der Waals surface area contributed by atoms with E-state index in [0.717, 1.165) is 97.1 Å². The van der Waals surface area contributed by atoms with E-state index in [9.17, 15) is 52.7 Å². The Balaban J connectivity index is 1.30. The highest BCUT2D eigenvalue weighted by atomic mass is 31.1. The second-order valence-electron chi connectivity index (χ2n) is 15.1. The number of hydrogen-bond donors (Lipinski definition) is 0. The summed E-state index contributed by atoms with van der Waals surface area (Å²) in [5.74, 6) is 0.208. The number of rotatable bonds is 11. The van der Waals surface area contributed by atoms with E-state index in [4.69, 9.17) is 28.0 Å². The Kier molecular flexibility index (Phi) is 14.1. The molecule has 2 aliphatic heterocycles. The van der Waals surface area contributed by atoms with Gasteiger partial charge in [-0.2, -0.15) is 52.7 Å². The lowest BCUT2D eigenvalue weighted by atomic mass is 9.98. The van der Waals surface area contributed by atoms with Crippen molar-refractivity contribution in [2.75, 3.05) is 6.61 Å². The minimum atomic E-state index is -4.76. The van der Waals surface area contributed by atoms with E-state index in [1.165, 1.54) is 0 Å². The first kappa shape index (κ1) is 48.4. The van der Waals surface area contributed by atoms with E-state index < -0.39 is 100 Å². The molecule has 20 heteroatoms. The van der Waals surface area contributed by atoms with Gasteiger partial charge in [0.25, 0.3) is 0 Å². The predicted octanol–water partition coefficient (Wildman–Crippen LogP) is 11.8. The summed E-state index contributed by atoms with van der Waals surface area (Å²) in [6.07, 6.45) is -27.1. The van der Waals surface area contributed by atoms with Crippen LogP contribution in [0.5, 0.6) is 5.75 Å². The Morgan fingerprint density at radius 1 is 0.418 bits per heavy atom. The summed E-state index contributed by atoms with van der Waals surface area (Å²) < 4.78 is 206. The quantitative estimate of drug-likeness (QED) is 0.0952. The fourth-order valence-electron chi connectivity index (χ4n) is 7.21. The third-order valence-electron chi connectivity index (χ3n) is 10.5. The zero-order valence-corrected chi connectivity index (χ0v) is 35.9. The van der Waals surface area contributed by atoms with E-state index in [1.807, 2.05) is 0 Å². The number of alkyl halides is 12. The molecule has 2 saturated heterocycles. The Morgan fingerprint density at radius 3 is 1.15 bits per heavy atom. The molecule has 8 rings (SSSR count). The van der Waals surface area contributed by atoms with Crippen LogP contribution in [0.4, 0.5) is 52.7 Å². The molecule has 352 valence electrons. The number of fused-ring (bicyclic) bond motifs is 1. The van der Waals surface area contributed by atoms with Gasteiger partial charge in [-0.05, 0) is 60.7 Å². The van der Waals surface area contributed by atoms with Crippen molar-refractivity contribution in [3.8, 4) is 5.75 Å².